The molecule has 1 N–H and O–H groups in total. The number of rotatable bonds is 4. The number of anilines is 1. The second kappa shape index (κ2) is 6.73. The quantitative estimate of drug-likeness (QED) is 0.605. The fourth-order valence-corrected chi connectivity index (χ4v) is 2.27. The van der Waals surface area contributed by atoms with Crippen LogP contribution in [-0.4, -0.2) is 5.78 Å². The first kappa shape index (κ1) is 14.8. The van der Waals surface area contributed by atoms with E-state index < -0.39 is 0 Å². The van der Waals surface area contributed by atoms with Crippen molar-refractivity contribution in [3.63, 3.8) is 0 Å². The summed E-state index contributed by atoms with van der Waals surface area (Å²) in [6, 6.07) is 12.9. The first-order valence-corrected chi connectivity index (χ1v) is 7.23. The molecule has 0 radical (unpaired) electrons. The lowest BCUT2D eigenvalue weighted by Crippen LogP contribution is -1.97. The van der Waals surface area contributed by atoms with E-state index in [9.17, 15) is 4.79 Å². The Bertz CT molecular complexity index is 630. The second-order valence-electron chi connectivity index (χ2n) is 4.28. The first-order valence-electron chi connectivity index (χ1n) is 6.06. The Balaban J connectivity index is 2.07. The van der Waals surface area contributed by atoms with E-state index >= 15 is 0 Å². The van der Waals surface area contributed by atoms with Gasteiger partial charge in [0, 0.05) is 22.3 Å². The number of hydrogen-bond donors (Lipinski definition) is 1. The van der Waals surface area contributed by atoms with Crippen LogP contribution in [0.1, 0.15) is 15.9 Å². The van der Waals surface area contributed by atoms with Gasteiger partial charge in [-0.1, -0.05) is 39.7 Å². The molecule has 102 valence electrons. The van der Waals surface area contributed by atoms with Crippen molar-refractivity contribution in [3.05, 3.63) is 75.4 Å². The minimum absolute atomic E-state index is 0.0605. The molecule has 0 aliphatic carbocycles. The normalized spacial score (nSPS) is 10.8. The molecule has 0 aromatic heterocycles. The average molecular weight is 351 g/mol. The zero-order valence-corrected chi connectivity index (χ0v) is 13.2. The fourth-order valence-electron chi connectivity index (χ4n) is 1.73. The van der Waals surface area contributed by atoms with Crippen molar-refractivity contribution in [2.24, 2.45) is 0 Å². The molecule has 0 amide bonds. The number of benzene rings is 2. The molecule has 2 aromatic rings. The number of halogens is 2. The van der Waals surface area contributed by atoms with Gasteiger partial charge in [-0.05, 0) is 42.8 Å². The van der Waals surface area contributed by atoms with Gasteiger partial charge in [0.2, 0.25) is 0 Å². The monoisotopic (exact) mass is 349 g/mol. The summed E-state index contributed by atoms with van der Waals surface area (Å²) in [6.45, 7) is 1.96. The first-order chi connectivity index (χ1) is 9.58. The zero-order valence-electron chi connectivity index (χ0n) is 10.9. The summed E-state index contributed by atoms with van der Waals surface area (Å²) < 4.78 is 0.947. The number of aryl methyl sites for hydroxylation is 1. The molecule has 0 bridgehead atoms. The molecule has 0 aliphatic rings. The summed E-state index contributed by atoms with van der Waals surface area (Å²) in [7, 11) is 0. The molecule has 0 heterocycles. The Hall–Kier alpha value is -1.58. The van der Waals surface area contributed by atoms with Gasteiger partial charge in [-0.2, -0.15) is 0 Å². The van der Waals surface area contributed by atoms with Crippen molar-refractivity contribution in [1.82, 2.24) is 0 Å². The van der Waals surface area contributed by atoms with Gasteiger partial charge in [0.15, 0.2) is 5.78 Å². The van der Waals surface area contributed by atoms with Crippen molar-refractivity contribution in [1.29, 1.82) is 0 Å². The van der Waals surface area contributed by atoms with Crippen molar-refractivity contribution in [2.45, 2.75) is 6.92 Å². The molecule has 0 aliphatic heterocycles. The van der Waals surface area contributed by atoms with E-state index in [1.165, 1.54) is 6.08 Å². The van der Waals surface area contributed by atoms with Crippen LogP contribution in [-0.2, 0) is 0 Å². The van der Waals surface area contributed by atoms with Crippen LogP contribution < -0.4 is 5.32 Å². The molecule has 0 fully saturated rings. The number of carbonyl (C=O) groups excluding carboxylic acids is 1. The van der Waals surface area contributed by atoms with Crippen molar-refractivity contribution >= 4 is 39.0 Å². The Kier molecular flexibility index (Phi) is 4.99. The van der Waals surface area contributed by atoms with Gasteiger partial charge in [0.05, 0.1) is 10.7 Å². The van der Waals surface area contributed by atoms with Crippen LogP contribution in [0.15, 0.2) is 59.2 Å². The minimum Gasteiger partial charge on any atom is -0.360 e. The number of allylic oxidation sites excluding steroid dienone is 1. The van der Waals surface area contributed by atoms with E-state index in [1.807, 2.05) is 31.2 Å². The number of ketones is 1. The predicted molar refractivity (Wildman–Crippen MR) is 87.4 cm³/mol. The third-order valence-corrected chi connectivity index (χ3v) is 3.66. The van der Waals surface area contributed by atoms with Crippen LogP contribution in [0.5, 0.6) is 0 Å². The number of carbonyl (C=O) groups is 1. The van der Waals surface area contributed by atoms with E-state index in [1.54, 1.807) is 24.4 Å². The third kappa shape index (κ3) is 3.71. The van der Waals surface area contributed by atoms with Crippen LogP contribution in [0.4, 0.5) is 5.69 Å². The minimum atomic E-state index is -0.0605. The van der Waals surface area contributed by atoms with Crippen molar-refractivity contribution in [3.8, 4) is 0 Å². The smallest absolute Gasteiger partial charge is 0.187 e. The Morgan fingerprint density at radius 1 is 1.20 bits per heavy atom. The maximum Gasteiger partial charge on any atom is 0.187 e. The lowest BCUT2D eigenvalue weighted by atomic mass is 10.1. The van der Waals surface area contributed by atoms with Crippen LogP contribution in [0.2, 0.25) is 5.02 Å². The van der Waals surface area contributed by atoms with Crippen molar-refractivity contribution < 1.29 is 4.79 Å². The summed E-state index contributed by atoms with van der Waals surface area (Å²) in [6.07, 6.45) is 3.10. The molecular weight excluding hydrogens is 338 g/mol. The Labute approximate surface area is 131 Å². The summed E-state index contributed by atoms with van der Waals surface area (Å²) in [4.78, 5) is 11.9. The van der Waals surface area contributed by atoms with Gasteiger partial charge in [-0.25, -0.2) is 0 Å². The zero-order chi connectivity index (χ0) is 14.5. The fraction of sp³-hybridized carbons (Fsp3) is 0.0625. The molecule has 0 atom stereocenters. The van der Waals surface area contributed by atoms with E-state index in [-0.39, 0.29) is 5.78 Å². The van der Waals surface area contributed by atoms with Crippen LogP contribution in [0, 0.1) is 6.92 Å². The Morgan fingerprint density at radius 2 is 1.90 bits per heavy atom. The summed E-state index contributed by atoms with van der Waals surface area (Å²) in [5.74, 6) is -0.0605. The average Bonchev–Trinajstić information content (AvgIpc) is 2.42. The molecule has 0 saturated carbocycles. The highest BCUT2D eigenvalue weighted by molar-refractivity contribution is 9.10. The lowest BCUT2D eigenvalue weighted by Gasteiger charge is -2.07. The van der Waals surface area contributed by atoms with Gasteiger partial charge in [0.25, 0.3) is 0 Å². The van der Waals surface area contributed by atoms with Gasteiger partial charge < -0.3 is 5.32 Å². The highest BCUT2D eigenvalue weighted by Gasteiger charge is 2.03. The van der Waals surface area contributed by atoms with E-state index in [2.05, 4.69) is 21.2 Å². The highest BCUT2D eigenvalue weighted by Crippen LogP contribution is 2.25. The predicted octanol–water partition coefficient (Wildman–Crippen LogP) is 5.22. The van der Waals surface area contributed by atoms with Gasteiger partial charge in [-0.3, -0.25) is 4.79 Å². The molecule has 4 heteroatoms. The lowest BCUT2D eigenvalue weighted by molar-refractivity contribution is 0.104. The molecule has 2 rings (SSSR count). The third-order valence-electron chi connectivity index (χ3n) is 2.81. The van der Waals surface area contributed by atoms with Crippen LogP contribution in [0.3, 0.4) is 0 Å². The molecule has 20 heavy (non-hydrogen) atoms. The topological polar surface area (TPSA) is 29.1 Å². The summed E-state index contributed by atoms with van der Waals surface area (Å²) in [5.41, 5.74) is 2.48. The number of nitrogens with one attached hydrogen (secondary N) is 1. The van der Waals surface area contributed by atoms with Crippen molar-refractivity contribution in [2.75, 3.05) is 5.32 Å². The molecule has 0 spiro atoms. The highest BCUT2D eigenvalue weighted by atomic mass is 79.9. The largest absolute Gasteiger partial charge is 0.360 e. The summed E-state index contributed by atoms with van der Waals surface area (Å²) in [5, 5.41) is 3.68. The Morgan fingerprint density at radius 3 is 2.55 bits per heavy atom. The molecule has 2 nitrogen and oxygen atoms in total. The summed E-state index contributed by atoms with van der Waals surface area (Å²) >= 11 is 9.43. The maximum absolute atomic E-state index is 11.9. The molecule has 0 saturated heterocycles. The molecular formula is C16H13BrClNO. The van der Waals surface area contributed by atoms with E-state index in [0.29, 0.717) is 10.6 Å². The standard InChI is InChI=1S/C16H13BrClNO/c1-11-3-2-4-14(18)16(11)19-10-9-15(20)12-5-7-13(17)8-6-12/h2-10,19H,1H3/b10-9+. The van der Waals surface area contributed by atoms with Gasteiger partial charge in [0.1, 0.15) is 0 Å². The maximum atomic E-state index is 11.9. The van der Waals surface area contributed by atoms with Crippen LogP contribution >= 0.6 is 27.5 Å². The van der Waals surface area contributed by atoms with Crippen LogP contribution in [0.25, 0.3) is 0 Å². The molecule has 2 aromatic carbocycles. The number of hydrogen-bond acceptors (Lipinski definition) is 2. The molecule has 0 unspecified atom stereocenters. The second-order valence-corrected chi connectivity index (χ2v) is 5.60. The number of para-hydroxylation sites is 1. The van der Waals surface area contributed by atoms with Gasteiger partial charge >= 0.3 is 0 Å². The van der Waals surface area contributed by atoms with E-state index in [4.69, 9.17) is 11.6 Å². The van der Waals surface area contributed by atoms with Gasteiger partial charge in [-0.15, -0.1) is 0 Å². The SMILES string of the molecule is Cc1cccc(Cl)c1N/C=C/C(=O)c1ccc(Br)cc1. The van der Waals surface area contributed by atoms with E-state index in [0.717, 1.165) is 15.7 Å².